The lowest BCUT2D eigenvalue weighted by Gasteiger charge is -2.04. The highest BCUT2D eigenvalue weighted by molar-refractivity contribution is 7.99. The van der Waals surface area contributed by atoms with Crippen LogP contribution in [0.3, 0.4) is 0 Å². The maximum Gasteiger partial charge on any atom is 0.335 e. The van der Waals surface area contributed by atoms with Crippen LogP contribution in [0.4, 0.5) is 0 Å². The highest BCUT2D eigenvalue weighted by atomic mass is 32.2. The maximum atomic E-state index is 10.8. The average molecular weight is 274 g/mol. The van der Waals surface area contributed by atoms with Crippen molar-refractivity contribution in [3.63, 3.8) is 0 Å². The normalized spacial score (nSPS) is 10.4. The number of rotatable bonds is 4. The molecule has 0 aliphatic heterocycles. The van der Waals surface area contributed by atoms with E-state index in [1.54, 1.807) is 24.3 Å². The van der Waals surface area contributed by atoms with Gasteiger partial charge in [-0.15, -0.1) is 0 Å². The van der Waals surface area contributed by atoms with Crippen LogP contribution in [0.2, 0.25) is 0 Å². The molecular weight excluding hydrogens is 260 g/mol. The molecule has 19 heavy (non-hydrogen) atoms. The van der Waals surface area contributed by atoms with Gasteiger partial charge in [-0.2, -0.15) is 0 Å². The monoisotopic (exact) mass is 274 g/mol. The minimum atomic E-state index is -0.914. The fourth-order valence-electron chi connectivity index (χ4n) is 1.62. The highest BCUT2D eigenvalue weighted by Crippen LogP contribution is 2.26. The van der Waals surface area contributed by atoms with Gasteiger partial charge in [0.2, 0.25) is 0 Å². The van der Waals surface area contributed by atoms with Gasteiger partial charge in [-0.25, -0.2) is 14.8 Å². The predicted octanol–water partition coefficient (Wildman–Crippen LogP) is 3.20. The summed E-state index contributed by atoms with van der Waals surface area (Å²) in [6, 6.07) is 8.73. The average Bonchev–Trinajstić information content (AvgIpc) is 2.38. The Morgan fingerprint density at radius 3 is 2.53 bits per heavy atom. The summed E-state index contributed by atoms with van der Waals surface area (Å²) in [6.07, 6.45) is 0.870. The van der Waals surface area contributed by atoms with Crippen molar-refractivity contribution in [2.45, 2.75) is 30.2 Å². The molecule has 1 aromatic heterocycles. The fourth-order valence-corrected chi connectivity index (χ4v) is 2.51. The third kappa shape index (κ3) is 3.54. The van der Waals surface area contributed by atoms with Crippen LogP contribution in [0.15, 0.2) is 40.3 Å². The lowest BCUT2D eigenvalue weighted by atomic mass is 10.2. The summed E-state index contributed by atoms with van der Waals surface area (Å²) in [7, 11) is 0. The van der Waals surface area contributed by atoms with Crippen LogP contribution in [0, 0.1) is 6.92 Å². The van der Waals surface area contributed by atoms with E-state index in [9.17, 15) is 4.79 Å². The van der Waals surface area contributed by atoms with E-state index in [-0.39, 0.29) is 5.56 Å². The Balaban J connectivity index is 2.21. The molecule has 4 nitrogen and oxygen atoms in total. The molecule has 98 valence electrons. The summed E-state index contributed by atoms with van der Waals surface area (Å²) in [5, 5.41) is 9.72. The fraction of sp³-hybridized carbons (Fsp3) is 0.214. The number of carboxylic acids is 1. The zero-order valence-electron chi connectivity index (χ0n) is 10.8. The number of aromatic nitrogens is 2. The Labute approximate surface area is 115 Å². The quantitative estimate of drug-likeness (QED) is 0.867. The topological polar surface area (TPSA) is 63.1 Å². The smallest absolute Gasteiger partial charge is 0.335 e. The molecule has 0 aliphatic rings. The SMILES string of the molecule is CCc1cc(Sc2ccc(C(=O)O)cc2)nc(C)n1. The van der Waals surface area contributed by atoms with Crippen molar-refractivity contribution in [3.05, 3.63) is 47.4 Å². The summed E-state index contributed by atoms with van der Waals surface area (Å²) < 4.78 is 0. The van der Waals surface area contributed by atoms with Gasteiger partial charge in [0.05, 0.1) is 5.56 Å². The molecular formula is C14H14N2O2S. The molecule has 0 unspecified atom stereocenters. The van der Waals surface area contributed by atoms with Crippen molar-refractivity contribution >= 4 is 17.7 Å². The number of hydrogen-bond donors (Lipinski definition) is 1. The Bertz CT molecular complexity index is 597. The van der Waals surface area contributed by atoms with E-state index in [2.05, 4.69) is 16.9 Å². The summed E-state index contributed by atoms with van der Waals surface area (Å²) in [5.74, 6) is -0.160. The summed E-state index contributed by atoms with van der Waals surface area (Å²) >= 11 is 1.51. The standard InChI is InChI=1S/C14H14N2O2S/c1-3-11-8-13(16-9(2)15-11)19-12-6-4-10(5-7-12)14(17)18/h4-8H,3H2,1-2H3,(H,17,18). The van der Waals surface area contributed by atoms with Crippen LogP contribution in [0.5, 0.6) is 0 Å². The molecule has 2 rings (SSSR count). The molecule has 0 saturated carbocycles. The molecule has 0 radical (unpaired) electrons. The van der Waals surface area contributed by atoms with Gasteiger partial charge in [0.15, 0.2) is 0 Å². The van der Waals surface area contributed by atoms with Gasteiger partial charge in [-0.3, -0.25) is 0 Å². The van der Waals surface area contributed by atoms with Crippen LogP contribution in [-0.4, -0.2) is 21.0 Å². The number of benzene rings is 1. The lowest BCUT2D eigenvalue weighted by Crippen LogP contribution is -1.96. The lowest BCUT2D eigenvalue weighted by molar-refractivity contribution is 0.0697. The summed E-state index contributed by atoms with van der Waals surface area (Å²) in [6.45, 7) is 3.93. The first-order chi connectivity index (χ1) is 9.08. The molecule has 0 saturated heterocycles. The van der Waals surface area contributed by atoms with E-state index in [4.69, 9.17) is 5.11 Å². The molecule has 0 amide bonds. The van der Waals surface area contributed by atoms with Gasteiger partial charge < -0.3 is 5.11 Å². The van der Waals surface area contributed by atoms with Crippen molar-refractivity contribution in [2.75, 3.05) is 0 Å². The van der Waals surface area contributed by atoms with E-state index in [0.717, 1.165) is 27.9 Å². The molecule has 2 aromatic rings. The number of nitrogens with zero attached hydrogens (tertiary/aromatic N) is 2. The third-order valence-electron chi connectivity index (χ3n) is 2.55. The molecule has 1 heterocycles. The number of aryl methyl sites for hydroxylation is 2. The summed E-state index contributed by atoms with van der Waals surface area (Å²) in [5.41, 5.74) is 1.30. The molecule has 1 aromatic carbocycles. The Morgan fingerprint density at radius 1 is 1.26 bits per heavy atom. The second-order valence-electron chi connectivity index (χ2n) is 4.03. The predicted molar refractivity (Wildman–Crippen MR) is 73.7 cm³/mol. The Kier molecular flexibility index (Phi) is 4.16. The van der Waals surface area contributed by atoms with Crippen molar-refractivity contribution in [2.24, 2.45) is 0 Å². The van der Waals surface area contributed by atoms with E-state index >= 15 is 0 Å². The highest BCUT2D eigenvalue weighted by Gasteiger charge is 2.05. The molecule has 0 fully saturated rings. The number of carboxylic acid groups (broad SMARTS) is 1. The molecule has 1 N–H and O–H groups in total. The van der Waals surface area contributed by atoms with Crippen molar-refractivity contribution in [3.8, 4) is 0 Å². The second kappa shape index (κ2) is 5.84. The van der Waals surface area contributed by atoms with E-state index < -0.39 is 5.97 Å². The Morgan fingerprint density at radius 2 is 1.95 bits per heavy atom. The largest absolute Gasteiger partial charge is 0.478 e. The molecule has 0 spiro atoms. The van der Waals surface area contributed by atoms with Crippen LogP contribution in [0.25, 0.3) is 0 Å². The van der Waals surface area contributed by atoms with Gasteiger partial charge in [-0.1, -0.05) is 18.7 Å². The molecule has 5 heteroatoms. The van der Waals surface area contributed by atoms with Crippen molar-refractivity contribution in [1.29, 1.82) is 0 Å². The minimum absolute atomic E-state index is 0.289. The second-order valence-corrected chi connectivity index (χ2v) is 5.12. The van der Waals surface area contributed by atoms with E-state index in [1.165, 1.54) is 11.8 Å². The van der Waals surface area contributed by atoms with Crippen LogP contribution < -0.4 is 0 Å². The number of carbonyl (C=O) groups is 1. The molecule has 0 atom stereocenters. The van der Waals surface area contributed by atoms with Crippen LogP contribution >= 0.6 is 11.8 Å². The Hall–Kier alpha value is -1.88. The first-order valence-electron chi connectivity index (χ1n) is 5.94. The van der Waals surface area contributed by atoms with Gasteiger partial charge in [0.1, 0.15) is 10.9 Å². The number of hydrogen-bond acceptors (Lipinski definition) is 4. The third-order valence-corrected chi connectivity index (χ3v) is 3.48. The van der Waals surface area contributed by atoms with Gasteiger partial charge in [0, 0.05) is 10.6 Å². The zero-order chi connectivity index (χ0) is 13.8. The van der Waals surface area contributed by atoms with Crippen LogP contribution in [0.1, 0.15) is 28.8 Å². The zero-order valence-corrected chi connectivity index (χ0v) is 11.6. The first kappa shape index (κ1) is 13.5. The minimum Gasteiger partial charge on any atom is -0.478 e. The summed E-state index contributed by atoms with van der Waals surface area (Å²) in [4.78, 5) is 20.4. The van der Waals surface area contributed by atoms with Crippen LogP contribution in [-0.2, 0) is 6.42 Å². The molecule has 0 bridgehead atoms. The molecule has 0 aliphatic carbocycles. The van der Waals surface area contributed by atoms with Crippen molar-refractivity contribution in [1.82, 2.24) is 9.97 Å². The van der Waals surface area contributed by atoms with Gasteiger partial charge >= 0.3 is 5.97 Å². The van der Waals surface area contributed by atoms with E-state index in [1.807, 2.05) is 13.0 Å². The number of aromatic carboxylic acids is 1. The van der Waals surface area contributed by atoms with Gasteiger partial charge in [0.25, 0.3) is 0 Å². The maximum absolute atomic E-state index is 10.8. The van der Waals surface area contributed by atoms with Gasteiger partial charge in [-0.05, 0) is 43.7 Å². The van der Waals surface area contributed by atoms with E-state index in [0.29, 0.717) is 0 Å². The first-order valence-corrected chi connectivity index (χ1v) is 6.76. The van der Waals surface area contributed by atoms with Crippen molar-refractivity contribution < 1.29 is 9.90 Å².